The lowest BCUT2D eigenvalue weighted by Crippen LogP contribution is -2.24. The fraction of sp³-hybridized carbons (Fsp3) is 0.0800. The summed E-state index contributed by atoms with van der Waals surface area (Å²) >= 11 is 8.87. The van der Waals surface area contributed by atoms with Gasteiger partial charge in [-0.2, -0.15) is 0 Å². The highest BCUT2D eigenvalue weighted by atomic mass is 35.5. The van der Waals surface area contributed by atoms with E-state index in [0.717, 1.165) is 27.4 Å². The number of thioether (sulfide) groups is 1. The third-order valence-corrected chi connectivity index (χ3v) is 7.71. The van der Waals surface area contributed by atoms with E-state index in [4.69, 9.17) is 16.6 Å². The first kappa shape index (κ1) is 22.6. The maximum atomic E-state index is 13.9. The van der Waals surface area contributed by atoms with Crippen molar-refractivity contribution < 1.29 is 9.18 Å². The average Bonchev–Trinajstić information content (AvgIpc) is 3.21. The smallest absolute Gasteiger partial charge is 0.272 e. The lowest BCUT2D eigenvalue weighted by molar-refractivity contribution is -0.113. The van der Waals surface area contributed by atoms with Crippen LogP contribution in [-0.2, 0) is 11.3 Å². The minimum Gasteiger partial charge on any atom is -0.323 e. The van der Waals surface area contributed by atoms with E-state index in [9.17, 15) is 14.0 Å². The normalized spacial score (nSPS) is 11.2. The number of carbonyl (C=O) groups excluding carboxylic acids is 1. The van der Waals surface area contributed by atoms with Crippen molar-refractivity contribution in [2.75, 3.05) is 11.1 Å². The minimum atomic E-state index is -0.513. The van der Waals surface area contributed by atoms with Gasteiger partial charge in [0.25, 0.3) is 5.56 Å². The average molecular weight is 510 g/mol. The Bertz CT molecular complexity index is 1600. The highest BCUT2D eigenvalue weighted by Gasteiger charge is 2.18. The Morgan fingerprint density at radius 3 is 2.62 bits per heavy atom. The fourth-order valence-corrected chi connectivity index (χ4v) is 5.66. The maximum Gasteiger partial charge on any atom is 0.272 e. The molecule has 1 amide bonds. The fourth-order valence-electron chi connectivity index (χ4n) is 3.58. The first-order valence-corrected chi connectivity index (χ1v) is 12.5. The zero-order valence-electron chi connectivity index (χ0n) is 17.6. The van der Waals surface area contributed by atoms with Crippen LogP contribution >= 0.6 is 34.7 Å². The number of nitrogens with zero attached hydrogens (tertiary/aromatic N) is 2. The van der Waals surface area contributed by atoms with Crippen molar-refractivity contribution >= 4 is 66.6 Å². The van der Waals surface area contributed by atoms with Crippen LogP contribution in [0.3, 0.4) is 0 Å². The number of para-hydroxylation sites is 1. The Balaban J connectivity index is 1.53. The van der Waals surface area contributed by atoms with Crippen molar-refractivity contribution in [1.82, 2.24) is 9.55 Å². The van der Waals surface area contributed by atoms with Crippen LogP contribution in [0.2, 0.25) is 5.02 Å². The monoisotopic (exact) mass is 509 g/mol. The van der Waals surface area contributed by atoms with E-state index < -0.39 is 11.7 Å². The topological polar surface area (TPSA) is 64.0 Å². The molecule has 3 aromatic carbocycles. The predicted octanol–water partition coefficient (Wildman–Crippen LogP) is 6.18. The second kappa shape index (κ2) is 9.58. The Labute approximate surface area is 207 Å². The standard InChI is InChI=1S/C25H17ClFN3O2S2/c26-17-9-3-1-7-15(17)13-30-24(32)23-22(16-8-2-6-12-20(16)34-23)29-25(30)33-14-21(31)28-19-11-5-4-10-18(19)27/h1-12H,13-14H2,(H,28,31). The van der Waals surface area contributed by atoms with E-state index >= 15 is 0 Å². The molecule has 0 aliphatic heterocycles. The molecule has 0 fully saturated rings. The number of thiophene rings is 1. The zero-order chi connectivity index (χ0) is 23.7. The third-order valence-electron chi connectivity index (χ3n) is 5.21. The molecule has 0 bridgehead atoms. The van der Waals surface area contributed by atoms with Gasteiger partial charge in [0, 0.05) is 15.1 Å². The molecule has 170 valence electrons. The Hall–Kier alpha value is -3.20. The number of hydrogen-bond acceptors (Lipinski definition) is 5. The summed E-state index contributed by atoms with van der Waals surface area (Å²) in [6.07, 6.45) is 0. The number of amides is 1. The lowest BCUT2D eigenvalue weighted by atomic mass is 10.2. The molecule has 0 radical (unpaired) electrons. The van der Waals surface area contributed by atoms with Crippen LogP contribution in [0.15, 0.2) is 82.7 Å². The van der Waals surface area contributed by atoms with Gasteiger partial charge >= 0.3 is 0 Å². The summed E-state index contributed by atoms with van der Waals surface area (Å²) in [5.41, 5.74) is 1.29. The van der Waals surface area contributed by atoms with Crippen LogP contribution in [0.5, 0.6) is 0 Å². The summed E-state index contributed by atoms with van der Waals surface area (Å²) in [7, 11) is 0. The van der Waals surface area contributed by atoms with Crippen molar-refractivity contribution in [2.24, 2.45) is 0 Å². The lowest BCUT2D eigenvalue weighted by Gasteiger charge is -2.13. The first-order valence-electron chi connectivity index (χ1n) is 10.3. The van der Waals surface area contributed by atoms with Crippen molar-refractivity contribution in [3.8, 4) is 0 Å². The number of rotatable bonds is 6. The van der Waals surface area contributed by atoms with Gasteiger partial charge in [-0.3, -0.25) is 14.2 Å². The summed E-state index contributed by atoms with van der Waals surface area (Å²) in [5.74, 6) is -0.957. The number of fused-ring (bicyclic) bond motifs is 3. The molecule has 0 spiro atoms. The summed E-state index contributed by atoms with van der Waals surface area (Å²) in [6.45, 7) is 0.215. The van der Waals surface area contributed by atoms with Crippen LogP contribution in [0, 0.1) is 5.82 Å². The van der Waals surface area contributed by atoms with Gasteiger partial charge in [-0.1, -0.05) is 71.9 Å². The Morgan fingerprint density at radius 2 is 1.79 bits per heavy atom. The van der Waals surface area contributed by atoms with E-state index in [0.29, 0.717) is 20.4 Å². The summed E-state index contributed by atoms with van der Waals surface area (Å²) in [5, 5.41) is 4.39. The van der Waals surface area contributed by atoms with E-state index in [1.807, 2.05) is 42.5 Å². The quantitative estimate of drug-likeness (QED) is 0.219. The number of carbonyl (C=O) groups is 1. The van der Waals surface area contributed by atoms with Crippen LogP contribution in [0.1, 0.15) is 5.56 Å². The number of aromatic nitrogens is 2. The molecular weight excluding hydrogens is 493 g/mol. The zero-order valence-corrected chi connectivity index (χ0v) is 20.0. The molecule has 5 nitrogen and oxygen atoms in total. The number of halogens is 2. The largest absolute Gasteiger partial charge is 0.323 e. The molecule has 1 N–H and O–H groups in total. The minimum absolute atomic E-state index is 0.0448. The molecule has 0 unspecified atom stereocenters. The van der Waals surface area contributed by atoms with E-state index in [2.05, 4.69) is 5.32 Å². The van der Waals surface area contributed by atoms with Crippen LogP contribution in [0.4, 0.5) is 10.1 Å². The van der Waals surface area contributed by atoms with Crippen molar-refractivity contribution in [1.29, 1.82) is 0 Å². The molecule has 2 aromatic heterocycles. The summed E-state index contributed by atoms with van der Waals surface area (Å²) in [6, 6.07) is 21.0. The molecule has 34 heavy (non-hydrogen) atoms. The SMILES string of the molecule is O=C(CSc1nc2c(sc3ccccc32)c(=O)n1Cc1ccccc1Cl)Nc1ccccc1F. The van der Waals surface area contributed by atoms with Crippen LogP contribution < -0.4 is 10.9 Å². The van der Waals surface area contributed by atoms with Gasteiger partial charge in [-0.15, -0.1) is 11.3 Å². The Kier molecular flexibility index (Phi) is 6.36. The molecule has 0 aliphatic rings. The molecule has 0 saturated carbocycles. The van der Waals surface area contributed by atoms with Gasteiger partial charge in [0.1, 0.15) is 10.5 Å². The Morgan fingerprint density at radius 1 is 1.06 bits per heavy atom. The number of anilines is 1. The van der Waals surface area contributed by atoms with Gasteiger partial charge in [-0.05, 0) is 29.8 Å². The molecule has 2 heterocycles. The summed E-state index contributed by atoms with van der Waals surface area (Å²) in [4.78, 5) is 30.9. The van der Waals surface area contributed by atoms with E-state index in [1.54, 1.807) is 22.8 Å². The molecule has 5 aromatic rings. The number of nitrogens with one attached hydrogen (secondary N) is 1. The van der Waals surface area contributed by atoms with Crippen molar-refractivity contribution in [3.05, 3.63) is 99.6 Å². The van der Waals surface area contributed by atoms with Crippen LogP contribution in [0.25, 0.3) is 20.3 Å². The number of hydrogen-bond donors (Lipinski definition) is 1. The molecule has 0 saturated heterocycles. The highest BCUT2D eigenvalue weighted by molar-refractivity contribution is 7.99. The molecule has 9 heteroatoms. The third kappa shape index (κ3) is 4.44. The van der Waals surface area contributed by atoms with Gasteiger partial charge < -0.3 is 5.32 Å². The van der Waals surface area contributed by atoms with Crippen molar-refractivity contribution in [3.63, 3.8) is 0 Å². The van der Waals surface area contributed by atoms with Crippen molar-refractivity contribution in [2.45, 2.75) is 11.7 Å². The molecule has 5 rings (SSSR count). The molecular formula is C25H17ClFN3O2S2. The second-order valence-corrected chi connectivity index (χ2v) is 9.87. The highest BCUT2D eigenvalue weighted by Crippen LogP contribution is 2.32. The van der Waals surface area contributed by atoms with E-state index in [-0.39, 0.29) is 23.5 Å². The second-order valence-electron chi connectivity index (χ2n) is 7.47. The van der Waals surface area contributed by atoms with Gasteiger partial charge in [0.2, 0.25) is 5.91 Å². The maximum absolute atomic E-state index is 13.9. The number of benzene rings is 3. The van der Waals surface area contributed by atoms with E-state index in [1.165, 1.54) is 23.5 Å². The van der Waals surface area contributed by atoms with Gasteiger partial charge in [0.05, 0.1) is 23.5 Å². The first-order chi connectivity index (χ1) is 16.5. The predicted molar refractivity (Wildman–Crippen MR) is 138 cm³/mol. The van der Waals surface area contributed by atoms with Gasteiger partial charge in [-0.25, -0.2) is 9.37 Å². The van der Waals surface area contributed by atoms with Gasteiger partial charge in [0.15, 0.2) is 5.16 Å². The van der Waals surface area contributed by atoms with Crippen LogP contribution in [-0.4, -0.2) is 21.2 Å². The molecule has 0 aliphatic carbocycles. The summed E-state index contributed by atoms with van der Waals surface area (Å²) < 4.78 is 17.0. The molecule has 0 atom stereocenters.